The van der Waals surface area contributed by atoms with Crippen molar-refractivity contribution in [3.05, 3.63) is 0 Å². The van der Waals surface area contributed by atoms with E-state index in [-0.39, 0.29) is 0 Å². The molecule has 0 aromatic carbocycles. The third kappa shape index (κ3) is 12.5. The van der Waals surface area contributed by atoms with Gasteiger partial charge in [-0.2, -0.15) is 0 Å². The first kappa shape index (κ1) is 14.3. The first-order chi connectivity index (χ1) is 5.36. The molecule has 0 aliphatic heterocycles. The van der Waals surface area contributed by atoms with Crippen molar-refractivity contribution in [2.24, 2.45) is 5.73 Å². The fourth-order valence-corrected chi connectivity index (χ4v) is 0.204. The maximum absolute atomic E-state index is 8.26. The van der Waals surface area contributed by atoms with Gasteiger partial charge in [0, 0.05) is 13.2 Å². The minimum Gasteiger partial charge on any atom is -0.386 e. The van der Waals surface area contributed by atoms with Gasteiger partial charge in [-0.3, -0.25) is 5.73 Å². The van der Waals surface area contributed by atoms with Gasteiger partial charge in [0.2, 0.25) is 5.91 Å². The molecule has 0 aromatic heterocycles. The van der Waals surface area contributed by atoms with Crippen LogP contribution in [-0.4, -0.2) is 40.5 Å². The van der Waals surface area contributed by atoms with Gasteiger partial charge in [0.25, 0.3) is 0 Å². The van der Waals surface area contributed by atoms with E-state index in [1.807, 2.05) is 13.8 Å². The van der Waals surface area contributed by atoms with Crippen molar-refractivity contribution < 1.29 is 20.1 Å². The van der Waals surface area contributed by atoms with Gasteiger partial charge in [-0.05, 0) is 20.8 Å². The lowest BCUT2D eigenvalue weighted by Gasteiger charge is -2.17. The molecular weight excluding hydrogens is 162 g/mol. The summed E-state index contributed by atoms with van der Waals surface area (Å²) in [5.41, 5.74) is 4.54. The van der Waals surface area contributed by atoms with Crippen LogP contribution in [0.15, 0.2) is 0 Å². The van der Waals surface area contributed by atoms with Gasteiger partial charge >= 0.3 is 0 Å². The van der Waals surface area contributed by atoms with E-state index in [4.69, 9.17) is 20.1 Å². The zero-order chi connectivity index (χ0) is 10.2. The smallest absolute Gasteiger partial charge is 0.246 e. The fraction of sp³-hybridized carbons (Fsp3) is 1.00. The van der Waals surface area contributed by atoms with Crippen LogP contribution in [0.3, 0.4) is 0 Å². The second kappa shape index (κ2) is 7.45. The molecule has 5 nitrogen and oxygen atoms in total. The van der Waals surface area contributed by atoms with Crippen LogP contribution in [0, 0.1) is 0 Å². The summed E-state index contributed by atoms with van der Waals surface area (Å²) >= 11 is 0. The standard InChI is InChI=1S/C4H10O.C3H9NO3/c1-3-5-4-2;1-2(5)3(4,6)7/h3-4H2,1-2H3;2,5-7H,4H2,1H3. The summed E-state index contributed by atoms with van der Waals surface area (Å²) in [7, 11) is 0. The first-order valence-electron chi connectivity index (χ1n) is 3.85. The van der Waals surface area contributed by atoms with E-state index < -0.39 is 12.0 Å². The Labute approximate surface area is 72.8 Å². The molecule has 0 heterocycles. The molecule has 0 saturated heterocycles. The molecule has 0 bridgehead atoms. The molecule has 0 fully saturated rings. The van der Waals surface area contributed by atoms with Gasteiger partial charge in [0.05, 0.1) is 0 Å². The molecule has 0 aromatic rings. The van der Waals surface area contributed by atoms with Crippen LogP contribution in [0.25, 0.3) is 0 Å². The van der Waals surface area contributed by atoms with Crippen LogP contribution >= 0.6 is 0 Å². The SMILES string of the molecule is CC(O)C(N)(O)O.CCOCC. The van der Waals surface area contributed by atoms with E-state index in [9.17, 15) is 0 Å². The lowest BCUT2D eigenvalue weighted by molar-refractivity contribution is -0.214. The van der Waals surface area contributed by atoms with Crippen LogP contribution in [-0.2, 0) is 4.74 Å². The van der Waals surface area contributed by atoms with Gasteiger partial charge in [-0.1, -0.05) is 0 Å². The molecule has 0 aliphatic rings. The highest BCUT2D eigenvalue weighted by Gasteiger charge is 2.22. The highest BCUT2D eigenvalue weighted by molar-refractivity contribution is 4.59. The molecule has 5 heteroatoms. The minimum atomic E-state index is -2.44. The van der Waals surface area contributed by atoms with Crippen molar-refractivity contribution in [2.45, 2.75) is 32.8 Å². The second-order valence-electron chi connectivity index (χ2n) is 2.24. The van der Waals surface area contributed by atoms with E-state index in [0.29, 0.717) is 0 Å². The Balaban J connectivity index is 0. The van der Waals surface area contributed by atoms with E-state index in [2.05, 4.69) is 5.73 Å². The van der Waals surface area contributed by atoms with Crippen molar-refractivity contribution >= 4 is 0 Å². The third-order valence-corrected chi connectivity index (χ3v) is 1.02. The fourth-order valence-electron chi connectivity index (χ4n) is 0.204. The Kier molecular flexibility index (Phi) is 8.90. The summed E-state index contributed by atoms with van der Waals surface area (Å²) < 4.78 is 4.83. The molecule has 0 radical (unpaired) electrons. The Hall–Kier alpha value is -0.200. The van der Waals surface area contributed by atoms with Gasteiger partial charge in [0.1, 0.15) is 6.10 Å². The number of rotatable bonds is 3. The molecular formula is C7H19NO4. The highest BCUT2D eigenvalue weighted by atomic mass is 16.5. The summed E-state index contributed by atoms with van der Waals surface area (Å²) in [5.74, 6) is -2.44. The summed E-state index contributed by atoms with van der Waals surface area (Å²) in [6, 6.07) is 0. The molecule has 1 atom stereocenters. The van der Waals surface area contributed by atoms with E-state index >= 15 is 0 Å². The van der Waals surface area contributed by atoms with Gasteiger partial charge < -0.3 is 20.1 Å². The topological polar surface area (TPSA) is 95.9 Å². The van der Waals surface area contributed by atoms with Crippen molar-refractivity contribution in [1.82, 2.24) is 0 Å². The molecule has 0 spiro atoms. The number of nitrogens with two attached hydrogens (primary N) is 1. The van der Waals surface area contributed by atoms with Crippen molar-refractivity contribution in [3.8, 4) is 0 Å². The van der Waals surface area contributed by atoms with E-state index in [1.54, 1.807) is 0 Å². The number of hydrogen-bond acceptors (Lipinski definition) is 5. The van der Waals surface area contributed by atoms with Crippen LogP contribution in [0.2, 0.25) is 0 Å². The Morgan fingerprint density at radius 3 is 1.58 bits per heavy atom. The molecule has 1 unspecified atom stereocenters. The van der Waals surface area contributed by atoms with Crippen LogP contribution in [0.5, 0.6) is 0 Å². The van der Waals surface area contributed by atoms with E-state index in [0.717, 1.165) is 13.2 Å². The summed E-state index contributed by atoms with van der Waals surface area (Å²) in [6.45, 7) is 6.85. The summed E-state index contributed by atoms with van der Waals surface area (Å²) in [5, 5.41) is 24.6. The van der Waals surface area contributed by atoms with Crippen molar-refractivity contribution in [2.75, 3.05) is 13.2 Å². The van der Waals surface area contributed by atoms with Crippen molar-refractivity contribution in [1.29, 1.82) is 0 Å². The molecule has 0 saturated carbocycles. The molecule has 0 amide bonds. The second-order valence-corrected chi connectivity index (χ2v) is 2.24. The zero-order valence-corrected chi connectivity index (χ0v) is 7.82. The van der Waals surface area contributed by atoms with Crippen LogP contribution in [0.1, 0.15) is 20.8 Å². The van der Waals surface area contributed by atoms with Gasteiger partial charge in [0.15, 0.2) is 0 Å². The minimum absolute atomic E-state index is 0.844. The zero-order valence-electron chi connectivity index (χ0n) is 7.82. The number of ether oxygens (including phenoxy) is 1. The average molecular weight is 181 g/mol. The molecule has 12 heavy (non-hydrogen) atoms. The molecule has 5 N–H and O–H groups in total. The normalized spacial score (nSPS) is 13.2. The summed E-state index contributed by atoms with van der Waals surface area (Å²) in [4.78, 5) is 0. The number of aliphatic hydroxyl groups is 3. The number of aliphatic hydroxyl groups excluding tert-OH is 1. The lowest BCUT2D eigenvalue weighted by Crippen LogP contribution is -2.49. The van der Waals surface area contributed by atoms with E-state index in [1.165, 1.54) is 6.92 Å². The first-order valence-corrected chi connectivity index (χ1v) is 3.85. The largest absolute Gasteiger partial charge is 0.386 e. The maximum atomic E-state index is 8.26. The van der Waals surface area contributed by atoms with Crippen LogP contribution < -0.4 is 5.73 Å². The molecule has 0 rings (SSSR count). The quantitative estimate of drug-likeness (QED) is 0.419. The number of hydrogen-bond donors (Lipinski definition) is 4. The molecule has 0 aliphatic carbocycles. The molecule has 76 valence electrons. The lowest BCUT2D eigenvalue weighted by atomic mass is 10.3. The predicted molar refractivity (Wildman–Crippen MR) is 45.2 cm³/mol. The average Bonchev–Trinajstić information content (AvgIpc) is 1.88. The monoisotopic (exact) mass is 181 g/mol. The Morgan fingerprint density at radius 1 is 1.33 bits per heavy atom. The van der Waals surface area contributed by atoms with Crippen molar-refractivity contribution in [3.63, 3.8) is 0 Å². The summed E-state index contributed by atoms with van der Waals surface area (Å²) in [6.07, 6.45) is -1.31. The third-order valence-electron chi connectivity index (χ3n) is 1.02. The van der Waals surface area contributed by atoms with Gasteiger partial charge in [-0.15, -0.1) is 0 Å². The Bertz CT molecular complexity index is 87.9. The highest BCUT2D eigenvalue weighted by Crippen LogP contribution is 1.93. The maximum Gasteiger partial charge on any atom is 0.246 e. The predicted octanol–water partition coefficient (Wildman–Crippen LogP) is -0.993. The van der Waals surface area contributed by atoms with Gasteiger partial charge in [-0.25, -0.2) is 0 Å². The van der Waals surface area contributed by atoms with Crippen LogP contribution in [0.4, 0.5) is 0 Å². The Morgan fingerprint density at radius 2 is 1.58 bits per heavy atom.